The Kier molecular flexibility index (Phi) is 4.59. The van der Waals surface area contributed by atoms with E-state index in [1.165, 1.54) is 0 Å². The molecule has 1 N–H and O–H groups in total. The van der Waals surface area contributed by atoms with E-state index >= 15 is 0 Å². The fourth-order valence-corrected chi connectivity index (χ4v) is 3.61. The van der Waals surface area contributed by atoms with E-state index in [-0.39, 0.29) is 10.6 Å². The molecule has 1 aromatic heterocycles. The molecule has 0 radical (unpaired) electrons. The molecular weight excluding hydrogens is 396 g/mol. The van der Waals surface area contributed by atoms with Crippen LogP contribution in [0.1, 0.15) is 10.4 Å². The highest BCUT2D eigenvalue weighted by Crippen LogP contribution is 2.31. The molecule has 0 fully saturated rings. The molecule has 19 heavy (non-hydrogen) atoms. The molecule has 0 aliphatic carbocycles. The van der Waals surface area contributed by atoms with E-state index in [2.05, 4.69) is 37.2 Å². The smallest absolute Gasteiger partial charge is 0.274 e. The number of nitro benzene ring substituents is 1. The Morgan fingerprint density at radius 1 is 1.37 bits per heavy atom. The standard InChI is InChI=1S/C12H10Br2N2O2S/c1-7-2-10(14)11(4-12(7)16(17)18)15-5-9-3-8(13)6-19-9/h2-4,6,15H,5H2,1H3. The first-order valence-electron chi connectivity index (χ1n) is 5.38. The lowest BCUT2D eigenvalue weighted by molar-refractivity contribution is -0.385. The lowest BCUT2D eigenvalue weighted by atomic mass is 10.2. The van der Waals surface area contributed by atoms with Gasteiger partial charge in [0.05, 0.1) is 10.6 Å². The summed E-state index contributed by atoms with van der Waals surface area (Å²) in [7, 11) is 0. The number of aryl methyl sites for hydroxylation is 1. The van der Waals surface area contributed by atoms with Crippen molar-refractivity contribution in [3.63, 3.8) is 0 Å². The van der Waals surface area contributed by atoms with Gasteiger partial charge in [0.1, 0.15) is 0 Å². The molecule has 2 rings (SSSR count). The first kappa shape index (κ1) is 14.5. The largest absolute Gasteiger partial charge is 0.379 e. The number of anilines is 1. The third-order valence-corrected chi connectivity index (χ3v) is 4.91. The van der Waals surface area contributed by atoms with Gasteiger partial charge < -0.3 is 5.32 Å². The van der Waals surface area contributed by atoms with Gasteiger partial charge in [0.15, 0.2) is 0 Å². The summed E-state index contributed by atoms with van der Waals surface area (Å²) in [6.45, 7) is 2.36. The maximum absolute atomic E-state index is 10.9. The highest BCUT2D eigenvalue weighted by Gasteiger charge is 2.14. The molecule has 1 heterocycles. The number of nitrogens with zero attached hydrogens (tertiary/aromatic N) is 1. The Bertz CT molecular complexity index is 628. The summed E-state index contributed by atoms with van der Waals surface area (Å²) in [5.41, 5.74) is 1.49. The molecule has 4 nitrogen and oxygen atoms in total. The van der Waals surface area contributed by atoms with Crippen LogP contribution in [-0.2, 0) is 6.54 Å². The van der Waals surface area contributed by atoms with E-state index in [4.69, 9.17) is 0 Å². The van der Waals surface area contributed by atoms with Crippen LogP contribution in [0.3, 0.4) is 0 Å². The minimum atomic E-state index is -0.366. The van der Waals surface area contributed by atoms with Gasteiger partial charge in [0.25, 0.3) is 5.69 Å². The topological polar surface area (TPSA) is 55.2 Å². The van der Waals surface area contributed by atoms with Crippen LogP contribution in [0.4, 0.5) is 11.4 Å². The zero-order chi connectivity index (χ0) is 14.0. The van der Waals surface area contributed by atoms with E-state index in [9.17, 15) is 10.1 Å². The number of nitro groups is 1. The molecule has 2 aromatic rings. The molecule has 0 bridgehead atoms. The summed E-state index contributed by atoms with van der Waals surface area (Å²) in [4.78, 5) is 11.7. The van der Waals surface area contributed by atoms with Crippen molar-refractivity contribution in [1.29, 1.82) is 0 Å². The maximum atomic E-state index is 10.9. The Hall–Kier alpha value is -0.920. The van der Waals surface area contributed by atoms with Gasteiger partial charge in [-0.2, -0.15) is 0 Å². The molecule has 0 aliphatic heterocycles. The average molecular weight is 406 g/mol. The van der Waals surface area contributed by atoms with Crippen LogP contribution in [0.25, 0.3) is 0 Å². The quantitative estimate of drug-likeness (QED) is 0.568. The number of hydrogen-bond acceptors (Lipinski definition) is 4. The van der Waals surface area contributed by atoms with Crippen LogP contribution < -0.4 is 5.32 Å². The fraction of sp³-hybridized carbons (Fsp3) is 0.167. The summed E-state index contributed by atoms with van der Waals surface area (Å²) in [5.74, 6) is 0. The number of benzene rings is 1. The van der Waals surface area contributed by atoms with Crippen molar-refractivity contribution < 1.29 is 4.92 Å². The third kappa shape index (κ3) is 3.55. The van der Waals surface area contributed by atoms with Gasteiger partial charge in [0.2, 0.25) is 0 Å². The molecule has 0 amide bonds. The summed E-state index contributed by atoms with van der Waals surface area (Å²) >= 11 is 8.45. The van der Waals surface area contributed by atoms with E-state index < -0.39 is 0 Å². The summed E-state index contributed by atoms with van der Waals surface area (Å²) in [6.07, 6.45) is 0. The van der Waals surface area contributed by atoms with Gasteiger partial charge in [-0.25, -0.2) is 0 Å². The van der Waals surface area contributed by atoms with Crippen molar-refractivity contribution in [2.75, 3.05) is 5.32 Å². The SMILES string of the molecule is Cc1cc(Br)c(NCc2cc(Br)cs2)cc1[N+](=O)[O-]. The van der Waals surface area contributed by atoms with Crippen LogP contribution in [0.15, 0.2) is 32.5 Å². The van der Waals surface area contributed by atoms with Crippen LogP contribution in [0.2, 0.25) is 0 Å². The zero-order valence-corrected chi connectivity index (χ0v) is 13.9. The van der Waals surface area contributed by atoms with Crippen LogP contribution >= 0.6 is 43.2 Å². The molecule has 1 aromatic carbocycles. The normalized spacial score (nSPS) is 10.5. The molecule has 0 aliphatic rings. The minimum absolute atomic E-state index is 0.123. The lowest BCUT2D eigenvalue weighted by Gasteiger charge is -2.08. The van der Waals surface area contributed by atoms with Gasteiger partial charge in [-0.15, -0.1) is 11.3 Å². The van der Waals surface area contributed by atoms with Crippen molar-refractivity contribution in [1.82, 2.24) is 0 Å². The van der Waals surface area contributed by atoms with Gasteiger partial charge in [-0.1, -0.05) is 0 Å². The molecule has 100 valence electrons. The Labute approximate surface area is 131 Å². The monoisotopic (exact) mass is 404 g/mol. The summed E-state index contributed by atoms with van der Waals surface area (Å²) in [5, 5.41) is 16.1. The van der Waals surface area contributed by atoms with Gasteiger partial charge in [-0.3, -0.25) is 10.1 Å². The summed E-state index contributed by atoms with van der Waals surface area (Å²) in [6, 6.07) is 5.33. The van der Waals surface area contributed by atoms with E-state index in [1.54, 1.807) is 30.4 Å². The van der Waals surface area contributed by atoms with Gasteiger partial charge in [0, 0.05) is 37.4 Å². The lowest BCUT2D eigenvalue weighted by Crippen LogP contribution is -2.00. The number of halogens is 2. The highest BCUT2D eigenvalue weighted by atomic mass is 79.9. The van der Waals surface area contributed by atoms with E-state index in [0.29, 0.717) is 12.1 Å². The molecule has 0 saturated carbocycles. The number of rotatable bonds is 4. The number of hydrogen-bond donors (Lipinski definition) is 1. The number of thiophene rings is 1. The Morgan fingerprint density at radius 2 is 2.11 bits per heavy atom. The van der Waals surface area contributed by atoms with E-state index in [1.807, 2.05) is 11.4 Å². The first-order chi connectivity index (χ1) is 8.97. The second-order valence-corrected chi connectivity index (χ2v) is 6.73. The predicted octanol–water partition coefficient (Wildman–Crippen LogP) is 5.10. The molecule has 0 atom stereocenters. The predicted molar refractivity (Wildman–Crippen MR) is 84.9 cm³/mol. The zero-order valence-electron chi connectivity index (χ0n) is 9.94. The summed E-state index contributed by atoms with van der Waals surface area (Å²) < 4.78 is 1.87. The molecule has 0 saturated heterocycles. The first-order valence-corrected chi connectivity index (χ1v) is 7.85. The van der Waals surface area contributed by atoms with Gasteiger partial charge >= 0.3 is 0 Å². The molecule has 0 spiro atoms. The number of nitrogens with one attached hydrogen (secondary N) is 1. The second kappa shape index (κ2) is 6.02. The van der Waals surface area contributed by atoms with Crippen LogP contribution in [0.5, 0.6) is 0 Å². The van der Waals surface area contributed by atoms with Crippen LogP contribution in [0, 0.1) is 17.0 Å². The van der Waals surface area contributed by atoms with Crippen molar-refractivity contribution in [3.05, 3.63) is 53.1 Å². The van der Waals surface area contributed by atoms with Crippen molar-refractivity contribution in [3.8, 4) is 0 Å². The Balaban J connectivity index is 2.20. The van der Waals surface area contributed by atoms with Gasteiger partial charge in [-0.05, 0) is 50.9 Å². The fourth-order valence-electron chi connectivity index (χ4n) is 1.62. The maximum Gasteiger partial charge on any atom is 0.274 e. The second-order valence-electron chi connectivity index (χ2n) is 3.96. The highest BCUT2D eigenvalue weighted by molar-refractivity contribution is 9.10. The van der Waals surface area contributed by atoms with Crippen molar-refractivity contribution >= 4 is 54.6 Å². The minimum Gasteiger partial charge on any atom is -0.379 e. The molecule has 7 heteroatoms. The van der Waals surface area contributed by atoms with E-state index in [0.717, 1.165) is 19.5 Å². The average Bonchev–Trinajstić information content (AvgIpc) is 2.73. The van der Waals surface area contributed by atoms with Crippen LogP contribution in [-0.4, -0.2) is 4.92 Å². The Morgan fingerprint density at radius 3 is 2.68 bits per heavy atom. The third-order valence-electron chi connectivity index (χ3n) is 2.56. The molecular formula is C12H10Br2N2O2S. The molecule has 0 unspecified atom stereocenters. The van der Waals surface area contributed by atoms with Crippen molar-refractivity contribution in [2.24, 2.45) is 0 Å². The van der Waals surface area contributed by atoms with Crippen molar-refractivity contribution in [2.45, 2.75) is 13.5 Å².